The van der Waals surface area contributed by atoms with Crippen LogP contribution in [0.5, 0.6) is 0 Å². The van der Waals surface area contributed by atoms with Gasteiger partial charge in [0.1, 0.15) is 0 Å². The molecule has 1 rings (SSSR count). The first-order valence-electron chi connectivity index (χ1n) is 6.45. The monoisotopic (exact) mass is 244 g/mol. The first-order chi connectivity index (χ1) is 8.19. The van der Waals surface area contributed by atoms with Gasteiger partial charge in [0.05, 0.1) is 12.6 Å². The fourth-order valence-electron chi connectivity index (χ4n) is 2.25. The lowest BCUT2D eigenvalue weighted by molar-refractivity contribution is -0.155. The molecule has 1 heterocycles. The molecule has 5 heteroatoms. The number of likely N-dealkylation sites (tertiary alicyclic amines) is 1. The summed E-state index contributed by atoms with van der Waals surface area (Å²) in [5, 5.41) is 0. The molecule has 100 valence electrons. The predicted molar refractivity (Wildman–Crippen MR) is 65.4 cm³/mol. The lowest BCUT2D eigenvalue weighted by atomic mass is 10.0. The van der Waals surface area contributed by atoms with Gasteiger partial charge in [-0.2, -0.15) is 0 Å². The van der Waals surface area contributed by atoms with Crippen LogP contribution in [0.25, 0.3) is 0 Å². The Kier molecular flexibility index (Phi) is 6.47. The molecule has 17 heavy (non-hydrogen) atoms. The third-order valence-corrected chi connectivity index (χ3v) is 3.03. The van der Waals surface area contributed by atoms with E-state index in [1.165, 1.54) is 0 Å². The van der Waals surface area contributed by atoms with Crippen molar-refractivity contribution in [2.45, 2.75) is 45.4 Å². The molecule has 0 aromatic rings. The summed E-state index contributed by atoms with van der Waals surface area (Å²) in [5.74, 6) is -0.239. The van der Waals surface area contributed by atoms with Crippen LogP contribution in [0.1, 0.15) is 33.1 Å². The van der Waals surface area contributed by atoms with Crippen molar-refractivity contribution in [2.24, 2.45) is 5.73 Å². The van der Waals surface area contributed by atoms with E-state index in [4.69, 9.17) is 15.2 Å². The highest BCUT2D eigenvalue weighted by Gasteiger charge is 2.28. The van der Waals surface area contributed by atoms with E-state index in [2.05, 4.69) is 4.90 Å². The van der Waals surface area contributed by atoms with Crippen LogP contribution in [0, 0.1) is 0 Å². The van der Waals surface area contributed by atoms with Crippen molar-refractivity contribution in [3.05, 3.63) is 0 Å². The summed E-state index contributed by atoms with van der Waals surface area (Å²) in [5.41, 5.74) is 5.42. The van der Waals surface area contributed by atoms with Crippen LogP contribution in [-0.4, -0.2) is 49.4 Å². The van der Waals surface area contributed by atoms with Crippen molar-refractivity contribution in [2.75, 3.05) is 26.3 Å². The maximum atomic E-state index is 11.4. The van der Waals surface area contributed by atoms with Crippen LogP contribution >= 0.6 is 0 Å². The van der Waals surface area contributed by atoms with Gasteiger partial charge < -0.3 is 15.2 Å². The molecule has 0 radical (unpaired) electrons. The summed E-state index contributed by atoms with van der Waals surface area (Å²) in [6, 6.07) is -0.160. The topological polar surface area (TPSA) is 64.8 Å². The molecule has 0 aliphatic carbocycles. The van der Waals surface area contributed by atoms with Crippen molar-refractivity contribution in [1.29, 1.82) is 0 Å². The fourth-order valence-corrected chi connectivity index (χ4v) is 2.25. The van der Waals surface area contributed by atoms with Crippen molar-refractivity contribution in [3.63, 3.8) is 0 Å². The Balaban J connectivity index is 2.52. The van der Waals surface area contributed by atoms with Gasteiger partial charge in [0, 0.05) is 13.2 Å². The molecule has 0 aromatic heterocycles. The average Bonchev–Trinajstić information content (AvgIpc) is 2.30. The zero-order valence-electron chi connectivity index (χ0n) is 10.9. The van der Waals surface area contributed by atoms with Crippen molar-refractivity contribution in [3.8, 4) is 0 Å². The van der Waals surface area contributed by atoms with Crippen LogP contribution in [0.4, 0.5) is 0 Å². The SMILES string of the molecule is CCOC(CN1CCCCC1C(N)=O)OCC. The second-order valence-corrected chi connectivity index (χ2v) is 4.25. The molecule has 1 aliphatic heterocycles. The predicted octanol–water partition coefficient (Wildman–Crippen LogP) is 0.725. The summed E-state index contributed by atoms with van der Waals surface area (Å²) in [4.78, 5) is 13.4. The number of rotatable bonds is 7. The Hall–Kier alpha value is -0.650. The molecule has 2 N–H and O–H groups in total. The number of carbonyl (C=O) groups is 1. The van der Waals surface area contributed by atoms with E-state index < -0.39 is 0 Å². The first-order valence-corrected chi connectivity index (χ1v) is 6.45. The van der Waals surface area contributed by atoms with Gasteiger partial charge in [-0.3, -0.25) is 9.69 Å². The van der Waals surface area contributed by atoms with Crippen LogP contribution in [-0.2, 0) is 14.3 Å². The number of primary amides is 1. The van der Waals surface area contributed by atoms with Crippen molar-refractivity contribution in [1.82, 2.24) is 4.90 Å². The van der Waals surface area contributed by atoms with Gasteiger partial charge in [-0.1, -0.05) is 6.42 Å². The molecule has 0 bridgehead atoms. The molecule has 1 atom stereocenters. The molecule has 0 saturated carbocycles. The van der Waals surface area contributed by atoms with Crippen LogP contribution in [0.2, 0.25) is 0 Å². The molecule has 1 unspecified atom stereocenters. The van der Waals surface area contributed by atoms with Gasteiger partial charge in [-0.15, -0.1) is 0 Å². The number of carbonyl (C=O) groups excluding carboxylic acids is 1. The Labute approximate surface area is 103 Å². The first kappa shape index (κ1) is 14.4. The molecule has 0 aromatic carbocycles. The van der Waals surface area contributed by atoms with Crippen molar-refractivity contribution < 1.29 is 14.3 Å². The Bertz CT molecular complexity index is 230. The molecule has 0 spiro atoms. The average molecular weight is 244 g/mol. The molecular weight excluding hydrogens is 220 g/mol. The van der Waals surface area contributed by atoms with Gasteiger partial charge in [0.2, 0.25) is 5.91 Å². The Morgan fingerprint density at radius 3 is 2.53 bits per heavy atom. The molecule has 1 aliphatic rings. The van der Waals surface area contributed by atoms with E-state index in [0.717, 1.165) is 25.8 Å². The second kappa shape index (κ2) is 7.63. The quantitative estimate of drug-likeness (QED) is 0.670. The molecule has 1 amide bonds. The number of amides is 1. The summed E-state index contributed by atoms with van der Waals surface area (Å²) in [6.45, 7) is 6.61. The summed E-state index contributed by atoms with van der Waals surface area (Å²) in [7, 11) is 0. The van der Waals surface area contributed by atoms with Crippen LogP contribution < -0.4 is 5.73 Å². The minimum absolute atomic E-state index is 0.160. The highest BCUT2D eigenvalue weighted by molar-refractivity contribution is 5.79. The number of nitrogens with two attached hydrogens (primary N) is 1. The minimum Gasteiger partial charge on any atom is -0.368 e. The van der Waals surface area contributed by atoms with Crippen molar-refractivity contribution >= 4 is 5.91 Å². The molecular formula is C12H24N2O3. The maximum Gasteiger partial charge on any atom is 0.234 e. The third-order valence-electron chi connectivity index (χ3n) is 3.03. The number of ether oxygens (including phenoxy) is 2. The summed E-state index contributed by atoms with van der Waals surface area (Å²) in [6.07, 6.45) is 2.76. The van der Waals surface area contributed by atoms with Gasteiger partial charge >= 0.3 is 0 Å². The zero-order chi connectivity index (χ0) is 12.7. The smallest absolute Gasteiger partial charge is 0.234 e. The Morgan fingerprint density at radius 1 is 1.35 bits per heavy atom. The largest absolute Gasteiger partial charge is 0.368 e. The highest BCUT2D eigenvalue weighted by atomic mass is 16.7. The van der Waals surface area contributed by atoms with E-state index in [-0.39, 0.29) is 18.2 Å². The highest BCUT2D eigenvalue weighted by Crippen LogP contribution is 2.17. The van der Waals surface area contributed by atoms with Gasteiger partial charge in [-0.05, 0) is 33.2 Å². The van der Waals surface area contributed by atoms with Gasteiger partial charge in [-0.25, -0.2) is 0 Å². The summed E-state index contributed by atoms with van der Waals surface area (Å²) >= 11 is 0. The standard InChI is InChI=1S/C12H24N2O3/c1-3-16-11(17-4-2)9-14-8-6-5-7-10(14)12(13)15/h10-11H,3-9H2,1-2H3,(H2,13,15). The molecule has 1 fully saturated rings. The molecule has 5 nitrogen and oxygen atoms in total. The normalized spacial score (nSPS) is 21.9. The van der Waals surface area contributed by atoms with E-state index in [0.29, 0.717) is 19.8 Å². The second-order valence-electron chi connectivity index (χ2n) is 4.25. The van der Waals surface area contributed by atoms with E-state index >= 15 is 0 Å². The Morgan fingerprint density at radius 2 is 2.00 bits per heavy atom. The van der Waals surface area contributed by atoms with Crippen LogP contribution in [0.15, 0.2) is 0 Å². The number of nitrogens with zero attached hydrogens (tertiary/aromatic N) is 1. The lowest BCUT2D eigenvalue weighted by Crippen LogP contribution is -2.50. The summed E-state index contributed by atoms with van der Waals surface area (Å²) < 4.78 is 11.0. The number of hydrogen-bond acceptors (Lipinski definition) is 4. The van der Waals surface area contributed by atoms with E-state index in [1.807, 2.05) is 13.8 Å². The molecule has 1 saturated heterocycles. The minimum atomic E-state index is -0.259. The van der Waals surface area contributed by atoms with E-state index in [1.54, 1.807) is 0 Å². The van der Waals surface area contributed by atoms with Gasteiger partial charge in [0.25, 0.3) is 0 Å². The fraction of sp³-hybridized carbons (Fsp3) is 0.917. The van der Waals surface area contributed by atoms with Crippen LogP contribution in [0.3, 0.4) is 0 Å². The maximum absolute atomic E-state index is 11.4. The zero-order valence-corrected chi connectivity index (χ0v) is 10.9. The number of piperidine rings is 1. The lowest BCUT2D eigenvalue weighted by Gasteiger charge is -2.35. The van der Waals surface area contributed by atoms with E-state index in [9.17, 15) is 4.79 Å². The number of hydrogen-bond donors (Lipinski definition) is 1. The van der Waals surface area contributed by atoms with Gasteiger partial charge in [0.15, 0.2) is 6.29 Å². The third kappa shape index (κ3) is 4.61.